The Morgan fingerprint density at radius 2 is 1.79 bits per heavy atom. The molecule has 0 radical (unpaired) electrons. The van der Waals surface area contributed by atoms with Crippen LogP contribution in [0.4, 0.5) is 4.79 Å². The van der Waals surface area contributed by atoms with Gasteiger partial charge in [0.25, 0.3) is 5.91 Å². The number of fused-ring (bicyclic) bond motifs is 1. The summed E-state index contributed by atoms with van der Waals surface area (Å²) in [5.74, 6) is 0.0657. The molecule has 0 aliphatic carbocycles. The van der Waals surface area contributed by atoms with Crippen LogP contribution in [0, 0.1) is 0 Å². The molecule has 0 spiro atoms. The van der Waals surface area contributed by atoms with E-state index in [1.54, 1.807) is 32.0 Å². The Bertz CT molecular complexity index is 1920. The fraction of sp³-hybridized carbons (Fsp3) is 0.200. The van der Waals surface area contributed by atoms with Gasteiger partial charge in [-0.3, -0.25) is 4.79 Å². The number of nitrogens with zero attached hydrogens (tertiary/aromatic N) is 1. The number of rotatable bonds is 12. The summed E-state index contributed by atoms with van der Waals surface area (Å²) in [6.07, 6.45) is 1.49. The highest BCUT2D eigenvalue weighted by Gasteiger charge is 2.32. The molecule has 0 saturated carbocycles. The van der Waals surface area contributed by atoms with Crippen molar-refractivity contribution >= 4 is 66.8 Å². The second-order valence-corrected chi connectivity index (χ2v) is 12.3. The highest BCUT2D eigenvalue weighted by atomic mass is 79.9. The average Bonchev–Trinajstić information content (AvgIpc) is 3.06. The molecule has 0 fully saturated rings. The number of urea groups is 1. The SMILES string of the molecule is CCOC(=O)C1=C(C)NC(=O)N[C@H]1c1ccc(OCC(=O)N/N=C/c2cc(Br)cc(Br)c2OCc2cccc3ccccc23)c(OC)c1. The molecule has 13 heteroatoms. The van der Waals surface area contributed by atoms with Crippen LogP contribution in [0.25, 0.3) is 10.8 Å². The molecule has 4 aromatic rings. The van der Waals surface area contributed by atoms with E-state index in [9.17, 15) is 14.4 Å². The minimum atomic E-state index is -0.780. The van der Waals surface area contributed by atoms with E-state index in [2.05, 4.69) is 71.2 Å². The lowest BCUT2D eigenvalue weighted by atomic mass is 9.95. The van der Waals surface area contributed by atoms with Crippen molar-refractivity contribution in [2.24, 2.45) is 5.10 Å². The van der Waals surface area contributed by atoms with Crippen LogP contribution in [0.3, 0.4) is 0 Å². The van der Waals surface area contributed by atoms with Gasteiger partial charge in [0.2, 0.25) is 0 Å². The summed E-state index contributed by atoms with van der Waals surface area (Å²) >= 11 is 7.07. The standard InChI is InChI=1S/C35H32Br2N4O7/c1-4-46-34(43)31-20(2)39-35(44)40-32(31)22-12-13-28(29(15-22)45-3)47-19-30(42)41-38-17-24-14-25(36)16-27(37)33(24)48-18-23-10-7-9-21-8-5-6-11-26(21)23/h5-17,32H,4,18-19H2,1-3H3,(H,41,42)(H2,39,40,44)/b38-17+/t32-/m0/s1. The van der Waals surface area contributed by atoms with Gasteiger partial charge in [-0.05, 0) is 75.9 Å². The Morgan fingerprint density at radius 1 is 1.00 bits per heavy atom. The van der Waals surface area contributed by atoms with Gasteiger partial charge < -0.3 is 29.6 Å². The van der Waals surface area contributed by atoms with Crippen LogP contribution in [0.15, 0.2) is 98.1 Å². The highest BCUT2D eigenvalue weighted by molar-refractivity contribution is 9.11. The lowest BCUT2D eigenvalue weighted by molar-refractivity contribution is -0.139. The van der Waals surface area contributed by atoms with Crippen LogP contribution in [0.2, 0.25) is 0 Å². The van der Waals surface area contributed by atoms with Crippen molar-refractivity contribution in [1.29, 1.82) is 0 Å². The molecule has 3 N–H and O–H groups in total. The highest BCUT2D eigenvalue weighted by Crippen LogP contribution is 2.35. The molecule has 248 valence electrons. The van der Waals surface area contributed by atoms with E-state index in [0.29, 0.717) is 39.4 Å². The summed E-state index contributed by atoms with van der Waals surface area (Å²) in [5.41, 5.74) is 5.35. The molecule has 1 atom stereocenters. The quantitative estimate of drug-likeness (QED) is 0.0830. The van der Waals surface area contributed by atoms with Crippen LogP contribution < -0.4 is 30.3 Å². The molecular weight excluding hydrogens is 748 g/mol. The Balaban J connectivity index is 1.24. The normalized spacial score (nSPS) is 14.4. The third-order valence-corrected chi connectivity index (χ3v) is 8.37. The zero-order valence-electron chi connectivity index (χ0n) is 26.3. The van der Waals surface area contributed by atoms with Crippen molar-refractivity contribution in [3.63, 3.8) is 0 Å². The van der Waals surface area contributed by atoms with Crippen molar-refractivity contribution in [3.8, 4) is 17.2 Å². The smallest absolute Gasteiger partial charge is 0.338 e. The van der Waals surface area contributed by atoms with E-state index in [0.717, 1.165) is 20.8 Å². The molecule has 1 aliphatic rings. The summed E-state index contributed by atoms with van der Waals surface area (Å²) in [6.45, 7) is 3.47. The van der Waals surface area contributed by atoms with Gasteiger partial charge >= 0.3 is 12.0 Å². The first-order chi connectivity index (χ1) is 23.2. The van der Waals surface area contributed by atoms with Gasteiger partial charge in [0, 0.05) is 15.7 Å². The first-order valence-electron chi connectivity index (χ1n) is 14.8. The number of hydrazone groups is 1. The van der Waals surface area contributed by atoms with Crippen LogP contribution in [-0.2, 0) is 20.9 Å². The van der Waals surface area contributed by atoms with E-state index in [-0.39, 0.29) is 24.5 Å². The number of halogens is 2. The number of methoxy groups -OCH3 is 1. The second-order valence-electron chi connectivity index (χ2n) is 10.5. The number of esters is 1. The Hall–Kier alpha value is -4.88. The molecule has 4 aromatic carbocycles. The molecule has 5 rings (SSSR count). The fourth-order valence-corrected chi connectivity index (χ4v) is 6.53. The van der Waals surface area contributed by atoms with E-state index in [4.69, 9.17) is 18.9 Å². The van der Waals surface area contributed by atoms with Crippen molar-refractivity contribution in [1.82, 2.24) is 16.1 Å². The average molecular weight is 780 g/mol. The Labute approximate surface area is 293 Å². The third-order valence-electron chi connectivity index (χ3n) is 7.33. The number of carbonyl (C=O) groups is 3. The number of amides is 3. The molecule has 48 heavy (non-hydrogen) atoms. The second kappa shape index (κ2) is 15.8. The van der Waals surface area contributed by atoms with Gasteiger partial charge in [-0.25, -0.2) is 15.0 Å². The van der Waals surface area contributed by atoms with Crippen molar-refractivity contribution < 1.29 is 33.3 Å². The number of benzene rings is 4. The maximum absolute atomic E-state index is 12.7. The van der Waals surface area contributed by atoms with Crippen molar-refractivity contribution in [2.75, 3.05) is 20.3 Å². The topological polar surface area (TPSA) is 137 Å². The van der Waals surface area contributed by atoms with Gasteiger partial charge in [0.15, 0.2) is 18.1 Å². The monoisotopic (exact) mass is 778 g/mol. The molecule has 0 unspecified atom stereocenters. The van der Waals surface area contributed by atoms with E-state index < -0.39 is 23.9 Å². The first-order valence-corrected chi connectivity index (χ1v) is 16.4. The molecule has 3 amide bonds. The largest absolute Gasteiger partial charge is 0.493 e. The van der Waals surface area contributed by atoms with Crippen LogP contribution in [0.1, 0.15) is 36.6 Å². The number of carbonyl (C=O) groups excluding carboxylic acids is 3. The number of nitrogens with one attached hydrogen (secondary N) is 3. The molecule has 1 heterocycles. The van der Waals surface area contributed by atoms with Crippen LogP contribution >= 0.6 is 31.9 Å². The van der Waals surface area contributed by atoms with Gasteiger partial charge in [-0.2, -0.15) is 5.10 Å². The molecular formula is C35H32Br2N4O7. The van der Waals surface area contributed by atoms with Gasteiger partial charge in [-0.1, -0.05) is 64.5 Å². The lowest BCUT2D eigenvalue weighted by Gasteiger charge is -2.28. The minimum absolute atomic E-state index is 0.180. The molecule has 0 saturated heterocycles. The summed E-state index contributed by atoms with van der Waals surface area (Å²) in [4.78, 5) is 37.6. The minimum Gasteiger partial charge on any atom is -0.493 e. The van der Waals surface area contributed by atoms with Crippen molar-refractivity contribution in [3.05, 3.63) is 110 Å². The number of ether oxygens (including phenoxy) is 4. The summed E-state index contributed by atoms with van der Waals surface area (Å²) in [6, 6.07) is 21.5. The zero-order valence-corrected chi connectivity index (χ0v) is 29.4. The Kier molecular flexibility index (Phi) is 11.3. The predicted molar refractivity (Wildman–Crippen MR) is 188 cm³/mol. The number of hydrogen-bond acceptors (Lipinski definition) is 8. The molecule has 1 aliphatic heterocycles. The fourth-order valence-electron chi connectivity index (χ4n) is 5.15. The summed E-state index contributed by atoms with van der Waals surface area (Å²) in [7, 11) is 1.45. The summed E-state index contributed by atoms with van der Waals surface area (Å²) in [5, 5.41) is 11.7. The maximum atomic E-state index is 12.7. The summed E-state index contributed by atoms with van der Waals surface area (Å²) < 4.78 is 24.2. The van der Waals surface area contributed by atoms with Crippen LogP contribution in [0.5, 0.6) is 17.2 Å². The van der Waals surface area contributed by atoms with E-state index in [1.807, 2.05) is 36.4 Å². The predicted octanol–water partition coefficient (Wildman–Crippen LogP) is 6.67. The number of hydrogen-bond donors (Lipinski definition) is 3. The third kappa shape index (κ3) is 8.15. The lowest BCUT2D eigenvalue weighted by Crippen LogP contribution is -2.45. The maximum Gasteiger partial charge on any atom is 0.338 e. The van der Waals surface area contributed by atoms with Gasteiger partial charge in [-0.15, -0.1) is 0 Å². The molecule has 11 nitrogen and oxygen atoms in total. The van der Waals surface area contributed by atoms with Gasteiger partial charge in [0.05, 0.1) is 36.0 Å². The zero-order chi connectivity index (χ0) is 34.2. The first kappa shape index (κ1) is 34.5. The van der Waals surface area contributed by atoms with Crippen LogP contribution in [-0.4, -0.2) is 44.4 Å². The van der Waals surface area contributed by atoms with E-state index >= 15 is 0 Å². The number of allylic oxidation sites excluding steroid dienone is 1. The van der Waals surface area contributed by atoms with Crippen molar-refractivity contribution in [2.45, 2.75) is 26.5 Å². The molecule has 0 aromatic heterocycles. The van der Waals surface area contributed by atoms with Gasteiger partial charge in [0.1, 0.15) is 12.4 Å². The van der Waals surface area contributed by atoms with E-state index in [1.165, 1.54) is 13.3 Å². The Morgan fingerprint density at radius 3 is 2.58 bits per heavy atom. The molecule has 0 bridgehead atoms.